The van der Waals surface area contributed by atoms with Gasteiger partial charge < -0.3 is 19.7 Å². The summed E-state index contributed by atoms with van der Waals surface area (Å²) in [5.74, 6) is 2.18. The average molecular weight is 485 g/mol. The number of carbonyl (C=O) groups excluding carboxylic acids is 1. The lowest BCUT2D eigenvalue weighted by molar-refractivity contribution is 0.0946. The SMILES string of the molecule is COc1ccc(CCN2C[C@H](CNC(=O)c3cccc(Cl)c3)[C@@H](c3ccsc3)C2)cc1OC. The molecule has 0 unspecified atom stereocenters. The standard InChI is InChI=1S/C26H29ClN2O3S/c1-31-24-7-6-18(12-25(24)32-2)8-10-29-15-21(23(16-29)20-9-11-33-17-20)14-28-26(30)19-4-3-5-22(27)13-19/h3-7,9,11-13,17,21,23H,8,10,14-16H2,1-2H3,(H,28,30)/t21-,23+/m0/s1. The molecular weight excluding hydrogens is 456 g/mol. The fourth-order valence-electron chi connectivity index (χ4n) is 4.49. The molecule has 1 aliphatic heterocycles. The Bertz CT molecular complexity index is 1070. The van der Waals surface area contributed by atoms with Crippen molar-refractivity contribution >= 4 is 28.8 Å². The molecule has 1 aliphatic rings. The van der Waals surface area contributed by atoms with Crippen LogP contribution in [-0.4, -0.2) is 51.2 Å². The largest absolute Gasteiger partial charge is 0.493 e. The van der Waals surface area contributed by atoms with Crippen LogP contribution in [-0.2, 0) is 6.42 Å². The van der Waals surface area contributed by atoms with Crippen LogP contribution in [0.25, 0.3) is 0 Å². The monoisotopic (exact) mass is 484 g/mol. The second kappa shape index (κ2) is 11.1. The van der Waals surface area contributed by atoms with Crippen molar-refractivity contribution in [2.24, 2.45) is 5.92 Å². The molecule has 5 nitrogen and oxygen atoms in total. The molecule has 1 N–H and O–H groups in total. The Hall–Kier alpha value is -2.54. The van der Waals surface area contributed by atoms with Gasteiger partial charge in [0.1, 0.15) is 0 Å². The summed E-state index contributed by atoms with van der Waals surface area (Å²) in [6, 6.07) is 15.4. The summed E-state index contributed by atoms with van der Waals surface area (Å²) in [4.78, 5) is 15.1. The lowest BCUT2D eigenvalue weighted by atomic mass is 9.90. The fourth-order valence-corrected chi connectivity index (χ4v) is 5.41. The highest BCUT2D eigenvalue weighted by Gasteiger charge is 2.34. The number of ether oxygens (including phenoxy) is 2. The third kappa shape index (κ3) is 5.88. The van der Waals surface area contributed by atoms with Crippen LogP contribution in [0.15, 0.2) is 59.3 Å². The Kier molecular flexibility index (Phi) is 7.91. The highest BCUT2D eigenvalue weighted by Crippen LogP contribution is 2.34. The summed E-state index contributed by atoms with van der Waals surface area (Å²) in [5, 5.41) is 8.06. The van der Waals surface area contributed by atoms with Crippen molar-refractivity contribution in [1.82, 2.24) is 10.2 Å². The van der Waals surface area contributed by atoms with Crippen LogP contribution in [0, 0.1) is 5.92 Å². The molecule has 1 saturated heterocycles. The fraction of sp³-hybridized carbons (Fsp3) is 0.346. The molecule has 1 aromatic heterocycles. The van der Waals surface area contributed by atoms with Gasteiger partial charge >= 0.3 is 0 Å². The molecule has 0 bridgehead atoms. The highest BCUT2D eigenvalue weighted by atomic mass is 35.5. The lowest BCUT2D eigenvalue weighted by Gasteiger charge is -2.18. The van der Waals surface area contributed by atoms with Crippen molar-refractivity contribution in [3.05, 3.63) is 81.0 Å². The number of hydrogen-bond acceptors (Lipinski definition) is 5. The maximum Gasteiger partial charge on any atom is 0.251 e. The van der Waals surface area contributed by atoms with Gasteiger partial charge in [0.25, 0.3) is 5.91 Å². The van der Waals surface area contributed by atoms with Gasteiger partial charge in [-0.05, 0) is 70.6 Å². The molecule has 0 aliphatic carbocycles. The molecular formula is C26H29ClN2O3S. The first-order valence-corrected chi connectivity index (χ1v) is 12.4. The van der Waals surface area contributed by atoms with Crippen molar-refractivity contribution in [3.63, 3.8) is 0 Å². The van der Waals surface area contributed by atoms with E-state index < -0.39 is 0 Å². The number of halogens is 1. The second-order valence-corrected chi connectivity index (χ2v) is 9.56. The van der Waals surface area contributed by atoms with E-state index in [1.54, 1.807) is 49.8 Å². The van der Waals surface area contributed by atoms with Crippen LogP contribution < -0.4 is 14.8 Å². The number of thiophene rings is 1. The Balaban J connectivity index is 1.39. The van der Waals surface area contributed by atoms with E-state index in [1.807, 2.05) is 12.1 Å². The third-order valence-corrected chi connectivity index (χ3v) is 7.20. The molecule has 7 heteroatoms. The van der Waals surface area contributed by atoms with E-state index in [0.29, 0.717) is 29.0 Å². The highest BCUT2D eigenvalue weighted by molar-refractivity contribution is 7.08. The summed E-state index contributed by atoms with van der Waals surface area (Å²) >= 11 is 7.77. The summed E-state index contributed by atoms with van der Waals surface area (Å²) in [6.07, 6.45) is 0.929. The molecule has 0 saturated carbocycles. The Morgan fingerprint density at radius 1 is 1.12 bits per heavy atom. The zero-order valence-electron chi connectivity index (χ0n) is 18.9. The maximum absolute atomic E-state index is 12.6. The number of rotatable bonds is 9. The van der Waals surface area contributed by atoms with Crippen molar-refractivity contribution in [2.45, 2.75) is 12.3 Å². The second-order valence-electron chi connectivity index (χ2n) is 8.34. The van der Waals surface area contributed by atoms with Gasteiger partial charge in [0.05, 0.1) is 14.2 Å². The first kappa shape index (κ1) is 23.6. The van der Waals surface area contributed by atoms with E-state index in [9.17, 15) is 4.79 Å². The van der Waals surface area contributed by atoms with E-state index in [2.05, 4.69) is 33.1 Å². The number of hydrogen-bond donors (Lipinski definition) is 1. The predicted octanol–water partition coefficient (Wildman–Crippen LogP) is 5.11. The third-order valence-electron chi connectivity index (χ3n) is 6.26. The molecule has 3 aromatic rings. The number of amides is 1. The van der Waals surface area contributed by atoms with Crippen LogP contribution >= 0.6 is 22.9 Å². The number of nitrogens with one attached hydrogen (secondary N) is 1. The van der Waals surface area contributed by atoms with E-state index >= 15 is 0 Å². The first-order chi connectivity index (χ1) is 16.1. The zero-order chi connectivity index (χ0) is 23.2. The van der Waals surface area contributed by atoms with Crippen LogP contribution in [0.2, 0.25) is 5.02 Å². The first-order valence-electron chi connectivity index (χ1n) is 11.1. The molecule has 2 atom stereocenters. The number of likely N-dealkylation sites (tertiary alicyclic amines) is 1. The smallest absolute Gasteiger partial charge is 0.251 e. The average Bonchev–Trinajstić information content (AvgIpc) is 3.51. The summed E-state index contributed by atoms with van der Waals surface area (Å²) in [7, 11) is 3.31. The predicted molar refractivity (Wildman–Crippen MR) is 134 cm³/mol. The number of carbonyl (C=O) groups is 1. The molecule has 174 valence electrons. The van der Waals surface area contributed by atoms with Crippen LogP contribution in [0.3, 0.4) is 0 Å². The van der Waals surface area contributed by atoms with E-state index in [1.165, 1.54) is 11.1 Å². The summed E-state index contributed by atoms with van der Waals surface area (Å²) in [6.45, 7) is 3.53. The van der Waals surface area contributed by atoms with Crippen molar-refractivity contribution in [1.29, 1.82) is 0 Å². The Morgan fingerprint density at radius 3 is 2.70 bits per heavy atom. The van der Waals surface area contributed by atoms with Gasteiger partial charge in [0, 0.05) is 42.7 Å². The van der Waals surface area contributed by atoms with Crippen LogP contribution in [0.4, 0.5) is 0 Å². The maximum atomic E-state index is 12.6. The van der Waals surface area contributed by atoms with Gasteiger partial charge in [-0.15, -0.1) is 0 Å². The van der Waals surface area contributed by atoms with Crippen LogP contribution in [0.1, 0.15) is 27.4 Å². The van der Waals surface area contributed by atoms with E-state index in [-0.39, 0.29) is 5.91 Å². The van der Waals surface area contributed by atoms with Gasteiger partial charge in [-0.1, -0.05) is 23.7 Å². The van der Waals surface area contributed by atoms with Gasteiger partial charge in [0.15, 0.2) is 11.5 Å². The number of methoxy groups -OCH3 is 2. The van der Waals surface area contributed by atoms with Crippen molar-refractivity contribution < 1.29 is 14.3 Å². The molecule has 1 fully saturated rings. The van der Waals surface area contributed by atoms with Gasteiger partial charge in [-0.3, -0.25) is 4.79 Å². The number of benzene rings is 2. The van der Waals surface area contributed by atoms with Crippen molar-refractivity contribution in [2.75, 3.05) is 40.4 Å². The van der Waals surface area contributed by atoms with Crippen molar-refractivity contribution in [3.8, 4) is 11.5 Å². The van der Waals surface area contributed by atoms with E-state index in [0.717, 1.165) is 37.6 Å². The van der Waals surface area contributed by atoms with Gasteiger partial charge in [0.2, 0.25) is 0 Å². The normalized spacial score (nSPS) is 18.3. The molecule has 2 aromatic carbocycles. The zero-order valence-corrected chi connectivity index (χ0v) is 20.5. The lowest BCUT2D eigenvalue weighted by Crippen LogP contribution is -2.32. The molecule has 0 spiro atoms. The Morgan fingerprint density at radius 2 is 1.97 bits per heavy atom. The molecule has 0 radical (unpaired) electrons. The molecule has 33 heavy (non-hydrogen) atoms. The minimum absolute atomic E-state index is 0.0784. The molecule has 1 amide bonds. The Labute approximate surface area is 204 Å². The minimum Gasteiger partial charge on any atom is -0.493 e. The van der Waals surface area contributed by atoms with Gasteiger partial charge in [-0.25, -0.2) is 0 Å². The molecule has 4 rings (SSSR count). The van der Waals surface area contributed by atoms with Crippen LogP contribution in [0.5, 0.6) is 11.5 Å². The van der Waals surface area contributed by atoms with Gasteiger partial charge in [-0.2, -0.15) is 11.3 Å². The molecule has 2 heterocycles. The summed E-state index contributed by atoms with van der Waals surface area (Å²) in [5.41, 5.74) is 3.17. The van der Waals surface area contributed by atoms with E-state index in [4.69, 9.17) is 21.1 Å². The number of nitrogens with zero attached hydrogens (tertiary/aromatic N) is 1. The summed E-state index contributed by atoms with van der Waals surface area (Å²) < 4.78 is 10.8. The topological polar surface area (TPSA) is 50.8 Å². The quantitative estimate of drug-likeness (QED) is 0.458. The minimum atomic E-state index is -0.0784.